The Balaban J connectivity index is 1.32. The van der Waals surface area contributed by atoms with Gasteiger partial charge in [0.1, 0.15) is 5.76 Å². The number of anilines is 1. The highest BCUT2D eigenvalue weighted by atomic mass is 16.4. The Hall–Kier alpha value is -2.37. The van der Waals surface area contributed by atoms with Gasteiger partial charge in [-0.2, -0.15) is 10.1 Å². The second-order valence-electron chi connectivity index (χ2n) is 7.46. The lowest BCUT2D eigenvalue weighted by Gasteiger charge is -2.25. The molecule has 2 aliphatic carbocycles. The molecule has 130 valence electrons. The lowest BCUT2D eigenvalue weighted by molar-refractivity contribution is -0.140. The van der Waals surface area contributed by atoms with E-state index in [0.717, 1.165) is 30.4 Å². The molecule has 6 heteroatoms. The maximum atomic E-state index is 12.6. The van der Waals surface area contributed by atoms with Crippen molar-refractivity contribution in [2.24, 2.45) is 28.8 Å². The third kappa shape index (κ3) is 2.27. The summed E-state index contributed by atoms with van der Waals surface area (Å²) in [6, 6.07) is 3.77. The molecule has 3 fully saturated rings. The molecule has 4 aliphatic rings. The first-order valence-corrected chi connectivity index (χ1v) is 9.17. The third-order valence-corrected chi connectivity index (χ3v) is 6.03. The molecule has 2 aliphatic heterocycles. The van der Waals surface area contributed by atoms with Crippen LogP contribution in [0.5, 0.6) is 0 Å². The normalized spacial score (nSPS) is 33.9. The molecule has 3 heterocycles. The number of allylic oxidation sites excluding steroid dienone is 2. The molecule has 2 saturated heterocycles. The standard InChI is InChI=1S/C19H21N3O3/c23-18-16-12-4-5-13(10-12)17(16)19(24)22(18)20-11-14-6-7-15(25-14)21-8-2-1-3-9-21/h4-7,11-13,16-17H,1-3,8-10H2/b20-11-/t12-,13-,16-,17+/m0/s1. The first-order valence-electron chi connectivity index (χ1n) is 9.17. The number of amides is 2. The van der Waals surface area contributed by atoms with Gasteiger partial charge in [0.05, 0.1) is 18.1 Å². The van der Waals surface area contributed by atoms with E-state index >= 15 is 0 Å². The van der Waals surface area contributed by atoms with Crippen LogP contribution in [0.2, 0.25) is 0 Å². The number of hydrazone groups is 1. The summed E-state index contributed by atoms with van der Waals surface area (Å²) in [7, 11) is 0. The van der Waals surface area contributed by atoms with Crippen LogP contribution in [0.25, 0.3) is 0 Å². The van der Waals surface area contributed by atoms with Gasteiger partial charge < -0.3 is 9.32 Å². The number of rotatable bonds is 3. The molecule has 2 bridgehead atoms. The lowest BCUT2D eigenvalue weighted by Crippen LogP contribution is -2.28. The minimum absolute atomic E-state index is 0.161. The maximum absolute atomic E-state index is 12.6. The fourth-order valence-electron chi connectivity index (χ4n) is 4.81. The van der Waals surface area contributed by atoms with Crippen molar-refractivity contribution < 1.29 is 14.0 Å². The minimum atomic E-state index is -0.208. The maximum Gasteiger partial charge on any atom is 0.254 e. The number of furan rings is 1. The number of imide groups is 1. The zero-order valence-electron chi connectivity index (χ0n) is 14.0. The second kappa shape index (κ2) is 5.58. The van der Waals surface area contributed by atoms with Crippen molar-refractivity contribution in [2.45, 2.75) is 25.7 Å². The summed E-state index contributed by atoms with van der Waals surface area (Å²) in [5.74, 6) is 1.08. The van der Waals surface area contributed by atoms with Crippen LogP contribution in [0.1, 0.15) is 31.4 Å². The number of piperidine rings is 1. The zero-order chi connectivity index (χ0) is 17.0. The van der Waals surface area contributed by atoms with E-state index in [1.54, 1.807) is 0 Å². The van der Waals surface area contributed by atoms with Gasteiger partial charge in [-0.25, -0.2) is 0 Å². The summed E-state index contributed by atoms with van der Waals surface area (Å²) in [5.41, 5.74) is 0. The fourth-order valence-corrected chi connectivity index (χ4v) is 4.81. The third-order valence-electron chi connectivity index (χ3n) is 6.03. The van der Waals surface area contributed by atoms with Crippen molar-refractivity contribution in [3.05, 3.63) is 30.0 Å². The van der Waals surface area contributed by atoms with Crippen LogP contribution >= 0.6 is 0 Å². The fraction of sp³-hybridized carbons (Fsp3) is 0.526. The van der Waals surface area contributed by atoms with E-state index in [2.05, 4.69) is 22.2 Å². The molecule has 25 heavy (non-hydrogen) atoms. The second-order valence-corrected chi connectivity index (χ2v) is 7.46. The Kier molecular flexibility index (Phi) is 3.33. The van der Waals surface area contributed by atoms with Gasteiger partial charge >= 0.3 is 0 Å². The summed E-state index contributed by atoms with van der Waals surface area (Å²) in [6.45, 7) is 2.01. The van der Waals surface area contributed by atoms with E-state index in [1.165, 1.54) is 25.5 Å². The van der Waals surface area contributed by atoms with Crippen molar-refractivity contribution in [1.82, 2.24) is 5.01 Å². The number of hydrogen-bond acceptors (Lipinski definition) is 5. The summed E-state index contributed by atoms with van der Waals surface area (Å²) in [4.78, 5) is 27.4. The molecule has 0 unspecified atom stereocenters. The van der Waals surface area contributed by atoms with Crippen molar-refractivity contribution >= 4 is 23.9 Å². The van der Waals surface area contributed by atoms with Crippen LogP contribution < -0.4 is 4.90 Å². The summed E-state index contributed by atoms with van der Waals surface area (Å²) < 4.78 is 5.82. The van der Waals surface area contributed by atoms with E-state index in [-0.39, 0.29) is 35.5 Å². The molecule has 1 saturated carbocycles. The van der Waals surface area contributed by atoms with Crippen LogP contribution in [0.15, 0.2) is 33.8 Å². The van der Waals surface area contributed by atoms with Gasteiger partial charge in [-0.05, 0) is 43.6 Å². The van der Waals surface area contributed by atoms with Gasteiger partial charge in [0, 0.05) is 19.2 Å². The van der Waals surface area contributed by atoms with Crippen LogP contribution in [0.4, 0.5) is 5.88 Å². The molecule has 0 aromatic carbocycles. The van der Waals surface area contributed by atoms with Gasteiger partial charge in [0.15, 0.2) is 5.88 Å². The number of carbonyl (C=O) groups is 2. The van der Waals surface area contributed by atoms with Gasteiger partial charge in [-0.1, -0.05) is 12.2 Å². The highest BCUT2D eigenvalue weighted by molar-refractivity contribution is 6.06. The molecule has 2 amide bonds. The predicted molar refractivity (Wildman–Crippen MR) is 91.9 cm³/mol. The zero-order valence-corrected chi connectivity index (χ0v) is 14.0. The number of hydrogen-bond donors (Lipinski definition) is 0. The molecule has 0 radical (unpaired) electrons. The topological polar surface area (TPSA) is 66.1 Å². The Morgan fingerprint density at radius 3 is 2.36 bits per heavy atom. The van der Waals surface area contributed by atoms with Crippen LogP contribution in [-0.4, -0.2) is 36.1 Å². The Bertz CT molecular complexity index is 745. The largest absolute Gasteiger partial charge is 0.440 e. The molecule has 0 N–H and O–H groups in total. The number of nitrogens with zero attached hydrogens (tertiary/aromatic N) is 3. The summed E-state index contributed by atoms with van der Waals surface area (Å²) >= 11 is 0. The number of fused-ring (bicyclic) bond motifs is 5. The van der Waals surface area contributed by atoms with Crippen molar-refractivity contribution in [3.8, 4) is 0 Å². The monoisotopic (exact) mass is 339 g/mol. The number of carbonyl (C=O) groups excluding carboxylic acids is 2. The van der Waals surface area contributed by atoms with Crippen molar-refractivity contribution in [2.75, 3.05) is 18.0 Å². The van der Waals surface area contributed by atoms with E-state index in [4.69, 9.17) is 4.42 Å². The highest BCUT2D eigenvalue weighted by Gasteiger charge is 2.59. The average Bonchev–Trinajstić information content (AvgIpc) is 3.40. The molecule has 1 aromatic heterocycles. The smallest absolute Gasteiger partial charge is 0.254 e. The lowest BCUT2D eigenvalue weighted by atomic mass is 9.85. The summed E-state index contributed by atoms with van der Waals surface area (Å²) in [5, 5.41) is 5.22. The van der Waals surface area contributed by atoms with E-state index < -0.39 is 0 Å². The molecular formula is C19H21N3O3. The molecular weight excluding hydrogens is 318 g/mol. The predicted octanol–water partition coefficient (Wildman–Crippen LogP) is 2.41. The van der Waals surface area contributed by atoms with Gasteiger partial charge in [0.25, 0.3) is 11.8 Å². The average molecular weight is 339 g/mol. The minimum Gasteiger partial charge on any atom is -0.440 e. The first-order chi connectivity index (χ1) is 12.2. The van der Waals surface area contributed by atoms with Crippen LogP contribution in [0, 0.1) is 23.7 Å². The molecule has 0 spiro atoms. The van der Waals surface area contributed by atoms with Gasteiger partial charge in [0.2, 0.25) is 0 Å². The van der Waals surface area contributed by atoms with Gasteiger partial charge in [-0.3, -0.25) is 9.59 Å². The van der Waals surface area contributed by atoms with E-state index in [1.807, 2.05) is 12.1 Å². The Morgan fingerprint density at radius 1 is 1.00 bits per heavy atom. The van der Waals surface area contributed by atoms with Crippen LogP contribution in [-0.2, 0) is 9.59 Å². The van der Waals surface area contributed by atoms with Gasteiger partial charge in [-0.15, -0.1) is 0 Å². The Labute approximate surface area is 146 Å². The van der Waals surface area contributed by atoms with E-state index in [9.17, 15) is 9.59 Å². The van der Waals surface area contributed by atoms with Crippen LogP contribution in [0.3, 0.4) is 0 Å². The molecule has 5 rings (SSSR count). The quantitative estimate of drug-likeness (QED) is 0.482. The molecule has 1 aromatic rings. The Morgan fingerprint density at radius 2 is 1.68 bits per heavy atom. The van der Waals surface area contributed by atoms with Crippen molar-refractivity contribution in [1.29, 1.82) is 0 Å². The summed E-state index contributed by atoms with van der Waals surface area (Å²) in [6.07, 6.45) is 10.2. The van der Waals surface area contributed by atoms with E-state index in [0.29, 0.717) is 5.76 Å². The SMILES string of the molecule is O=C1[C@@H]2[C@H](C(=O)N1/N=C\c1ccc(N3CCCCC3)o1)[C@H]1C=C[C@H]2C1. The molecule has 4 atom stereocenters. The van der Waals surface area contributed by atoms with Crippen molar-refractivity contribution in [3.63, 3.8) is 0 Å². The molecule has 6 nitrogen and oxygen atoms in total. The highest BCUT2D eigenvalue weighted by Crippen LogP contribution is 2.52. The first kappa shape index (κ1) is 14.9.